The van der Waals surface area contributed by atoms with Crippen molar-refractivity contribution in [3.05, 3.63) is 0 Å². The Kier molecular flexibility index (Phi) is 16.2. The lowest BCUT2D eigenvalue weighted by atomic mass is 10.1. The van der Waals surface area contributed by atoms with E-state index in [4.69, 9.17) is 4.74 Å². The van der Waals surface area contributed by atoms with Gasteiger partial charge >= 0.3 is 5.97 Å². The fourth-order valence-corrected chi connectivity index (χ4v) is 3.78. The molecule has 0 heterocycles. The molecule has 1 atom stereocenters. The van der Waals surface area contributed by atoms with Gasteiger partial charge in [-0.2, -0.15) is 8.42 Å². The molecule has 0 aromatic heterocycles. The average molecular weight is 393 g/mol. The molecule has 1 N–H and O–H groups in total. The summed E-state index contributed by atoms with van der Waals surface area (Å²) in [6, 6.07) is 0. The van der Waals surface area contributed by atoms with Gasteiger partial charge in [-0.25, -0.2) is 0 Å². The van der Waals surface area contributed by atoms with Gasteiger partial charge in [0, 0.05) is 0 Å². The summed E-state index contributed by atoms with van der Waals surface area (Å²) < 4.78 is 37.3. The molecule has 156 valence electrons. The second kappa shape index (κ2) is 16.5. The van der Waals surface area contributed by atoms with Gasteiger partial charge in [0.25, 0.3) is 10.1 Å². The fourth-order valence-electron chi connectivity index (χ4n) is 3.00. The molecule has 0 aliphatic rings. The topological polar surface area (TPSA) is 80.7 Å². The quantitative estimate of drug-likeness (QED) is 0.184. The van der Waals surface area contributed by atoms with Crippen molar-refractivity contribution in [2.24, 2.45) is 0 Å². The van der Waals surface area contributed by atoms with Crippen molar-refractivity contribution in [1.29, 1.82) is 0 Å². The molecule has 0 aromatic rings. The highest BCUT2D eigenvalue weighted by molar-refractivity contribution is 7.87. The zero-order chi connectivity index (χ0) is 19.7. The number of unbranched alkanes of at least 4 members (excludes halogenated alkanes) is 12. The van der Waals surface area contributed by atoms with Crippen LogP contribution in [0.1, 0.15) is 110 Å². The number of hydrogen-bond donors (Lipinski definition) is 1. The Morgan fingerprint density at radius 3 is 1.65 bits per heavy atom. The van der Waals surface area contributed by atoms with Crippen LogP contribution >= 0.6 is 0 Å². The third kappa shape index (κ3) is 14.5. The molecule has 0 aliphatic heterocycles. The van der Waals surface area contributed by atoms with Crippen LogP contribution in [0.2, 0.25) is 0 Å². The van der Waals surface area contributed by atoms with E-state index in [1.165, 1.54) is 38.5 Å². The zero-order valence-corrected chi connectivity index (χ0v) is 17.7. The van der Waals surface area contributed by atoms with Crippen molar-refractivity contribution in [2.45, 2.75) is 115 Å². The van der Waals surface area contributed by atoms with Gasteiger partial charge in [-0.05, 0) is 12.8 Å². The first-order valence-corrected chi connectivity index (χ1v) is 12.1. The molecule has 0 radical (unpaired) electrons. The Hall–Kier alpha value is -0.620. The first-order valence-electron chi connectivity index (χ1n) is 10.6. The van der Waals surface area contributed by atoms with Crippen LogP contribution in [-0.2, 0) is 19.6 Å². The summed E-state index contributed by atoms with van der Waals surface area (Å²) in [5.74, 6) is -0.806. The lowest BCUT2D eigenvalue weighted by molar-refractivity contribution is -0.143. The maximum absolute atomic E-state index is 12.0. The summed E-state index contributed by atoms with van der Waals surface area (Å²) in [7, 11) is -4.40. The highest BCUT2D eigenvalue weighted by atomic mass is 32.2. The lowest BCUT2D eigenvalue weighted by Gasteiger charge is -2.13. The summed E-state index contributed by atoms with van der Waals surface area (Å²) in [4.78, 5) is 12.0. The number of esters is 1. The molecule has 0 saturated heterocycles. The number of ether oxygens (including phenoxy) is 1. The highest BCUT2D eigenvalue weighted by Gasteiger charge is 2.31. The SMILES string of the molecule is CCCCCCCCCCCCC(C(=O)OCCCCCC)S(=O)(=O)O. The van der Waals surface area contributed by atoms with E-state index in [0.717, 1.165) is 44.9 Å². The van der Waals surface area contributed by atoms with Crippen molar-refractivity contribution in [2.75, 3.05) is 6.61 Å². The number of rotatable bonds is 18. The third-order valence-electron chi connectivity index (χ3n) is 4.68. The van der Waals surface area contributed by atoms with E-state index in [-0.39, 0.29) is 13.0 Å². The van der Waals surface area contributed by atoms with Crippen molar-refractivity contribution in [3.63, 3.8) is 0 Å². The maximum Gasteiger partial charge on any atom is 0.326 e. The van der Waals surface area contributed by atoms with Gasteiger partial charge in [0.1, 0.15) is 0 Å². The highest BCUT2D eigenvalue weighted by Crippen LogP contribution is 2.15. The molecule has 0 spiro atoms. The Balaban J connectivity index is 3.89. The van der Waals surface area contributed by atoms with Crippen LogP contribution in [0.25, 0.3) is 0 Å². The minimum absolute atomic E-state index is 0.142. The van der Waals surface area contributed by atoms with Crippen LogP contribution in [0, 0.1) is 0 Å². The van der Waals surface area contributed by atoms with Crippen molar-refractivity contribution in [3.8, 4) is 0 Å². The summed E-state index contributed by atoms with van der Waals surface area (Å²) >= 11 is 0. The van der Waals surface area contributed by atoms with Crippen LogP contribution in [0.15, 0.2) is 0 Å². The number of hydrogen-bond acceptors (Lipinski definition) is 4. The molecule has 5 nitrogen and oxygen atoms in total. The van der Waals surface area contributed by atoms with E-state index >= 15 is 0 Å². The van der Waals surface area contributed by atoms with Crippen LogP contribution in [-0.4, -0.2) is 30.8 Å². The Bertz CT molecular complexity index is 433. The van der Waals surface area contributed by atoms with Crippen LogP contribution < -0.4 is 0 Å². The van der Waals surface area contributed by atoms with Gasteiger partial charge in [-0.1, -0.05) is 97.3 Å². The van der Waals surface area contributed by atoms with Gasteiger partial charge in [-0.15, -0.1) is 0 Å². The summed E-state index contributed by atoms with van der Waals surface area (Å²) in [6.45, 7) is 4.53. The molecular weight excluding hydrogens is 352 g/mol. The lowest BCUT2D eigenvalue weighted by Crippen LogP contribution is -2.32. The van der Waals surface area contributed by atoms with E-state index in [0.29, 0.717) is 6.42 Å². The normalized spacial score (nSPS) is 12.9. The summed E-state index contributed by atoms with van der Waals surface area (Å²) in [5, 5.41) is -1.43. The molecular formula is C20H40O5S. The molecule has 6 heteroatoms. The predicted molar refractivity (Wildman–Crippen MR) is 107 cm³/mol. The van der Waals surface area contributed by atoms with Gasteiger partial charge in [0.2, 0.25) is 0 Å². The molecule has 0 aliphatic carbocycles. The van der Waals surface area contributed by atoms with Crippen LogP contribution in [0.5, 0.6) is 0 Å². The smallest absolute Gasteiger partial charge is 0.326 e. The van der Waals surface area contributed by atoms with E-state index in [1.807, 2.05) is 0 Å². The molecule has 0 bridgehead atoms. The minimum Gasteiger partial charge on any atom is -0.465 e. The Morgan fingerprint density at radius 1 is 0.769 bits per heavy atom. The molecule has 26 heavy (non-hydrogen) atoms. The molecule has 0 fully saturated rings. The molecule has 1 unspecified atom stereocenters. The predicted octanol–water partition coefficient (Wildman–Crippen LogP) is 5.68. The largest absolute Gasteiger partial charge is 0.465 e. The Labute approximate surface area is 161 Å². The maximum atomic E-state index is 12.0. The second-order valence-electron chi connectivity index (χ2n) is 7.20. The van der Waals surface area contributed by atoms with E-state index < -0.39 is 21.3 Å². The van der Waals surface area contributed by atoms with Gasteiger partial charge in [0.15, 0.2) is 5.25 Å². The molecule has 0 rings (SSSR count). The minimum atomic E-state index is -4.40. The average Bonchev–Trinajstić information content (AvgIpc) is 2.58. The van der Waals surface area contributed by atoms with Gasteiger partial charge in [-0.3, -0.25) is 9.35 Å². The zero-order valence-electron chi connectivity index (χ0n) is 16.9. The van der Waals surface area contributed by atoms with Crippen molar-refractivity contribution < 1.29 is 22.5 Å². The summed E-state index contributed by atoms with van der Waals surface area (Å²) in [5.41, 5.74) is 0. The fraction of sp³-hybridized carbons (Fsp3) is 0.950. The van der Waals surface area contributed by atoms with Crippen LogP contribution in [0.4, 0.5) is 0 Å². The second-order valence-corrected chi connectivity index (χ2v) is 8.80. The molecule has 0 aromatic carbocycles. The monoisotopic (exact) mass is 392 g/mol. The first kappa shape index (κ1) is 25.4. The standard InChI is InChI=1S/C20H40O5S/c1-3-5-7-9-10-11-12-13-14-15-17-19(26(22,23)24)20(21)25-18-16-8-6-4-2/h19H,3-18H2,1-2H3,(H,22,23,24). The first-order chi connectivity index (χ1) is 12.4. The van der Waals surface area contributed by atoms with Gasteiger partial charge in [0.05, 0.1) is 6.61 Å². The molecule has 0 saturated carbocycles. The van der Waals surface area contributed by atoms with E-state index in [2.05, 4.69) is 13.8 Å². The van der Waals surface area contributed by atoms with E-state index in [1.54, 1.807) is 0 Å². The number of carbonyl (C=O) groups excluding carboxylic acids is 1. The third-order valence-corrected chi connectivity index (χ3v) is 5.83. The van der Waals surface area contributed by atoms with Crippen LogP contribution in [0.3, 0.4) is 0 Å². The van der Waals surface area contributed by atoms with Crippen molar-refractivity contribution >= 4 is 16.1 Å². The van der Waals surface area contributed by atoms with E-state index in [9.17, 15) is 17.8 Å². The van der Waals surface area contributed by atoms with Crippen molar-refractivity contribution in [1.82, 2.24) is 0 Å². The number of carbonyl (C=O) groups is 1. The molecule has 0 amide bonds. The van der Waals surface area contributed by atoms with Gasteiger partial charge < -0.3 is 4.74 Å². The Morgan fingerprint density at radius 2 is 1.19 bits per heavy atom. The summed E-state index contributed by atoms with van der Waals surface area (Å²) in [6.07, 6.45) is 15.3.